The van der Waals surface area contributed by atoms with Crippen molar-refractivity contribution < 1.29 is 14.3 Å². The van der Waals surface area contributed by atoms with Crippen LogP contribution in [0.5, 0.6) is 0 Å². The van der Waals surface area contributed by atoms with Gasteiger partial charge in [-0.05, 0) is 36.4 Å². The van der Waals surface area contributed by atoms with Gasteiger partial charge in [0.25, 0.3) is 5.91 Å². The van der Waals surface area contributed by atoms with E-state index in [9.17, 15) is 9.59 Å². The molecule has 0 fully saturated rings. The zero-order chi connectivity index (χ0) is 23.3. The highest BCUT2D eigenvalue weighted by atomic mass is 16.5. The number of carbonyl (C=O) groups is 2. The standard InChI is InChI=1S/C29H20N2O3/c32-28(22-14-6-2-7-15-22)31-25-19-11-10-18-24(25)30-27(31)20-26(21-12-4-1-5-13-21)34-29(33)23-16-8-3-9-17-23/h1-20H/b26-20+. The number of rotatable bonds is 5. The lowest BCUT2D eigenvalue weighted by Crippen LogP contribution is -2.14. The lowest BCUT2D eigenvalue weighted by molar-refractivity contribution is 0.0693. The summed E-state index contributed by atoms with van der Waals surface area (Å²) in [6.45, 7) is 0. The first kappa shape index (κ1) is 21.1. The molecule has 0 saturated carbocycles. The molecule has 5 heteroatoms. The van der Waals surface area contributed by atoms with E-state index >= 15 is 0 Å². The molecule has 5 aromatic rings. The normalized spacial score (nSPS) is 11.4. The van der Waals surface area contributed by atoms with Gasteiger partial charge in [0.05, 0.1) is 16.6 Å². The van der Waals surface area contributed by atoms with Crippen molar-refractivity contribution >= 4 is 34.7 Å². The Balaban J connectivity index is 1.65. The molecule has 5 nitrogen and oxygen atoms in total. The highest BCUT2D eigenvalue weighted by Crippen LogP contribution is 2.25. The topological polar surface area (TPSA) is 61.2 Å². The molecule has 0 N–H and O–H groups in total. The van der Waals surface area contributed by atoms with Crippen molar-refractivity contribution in [3.05, 3.63) is 138 Å². The van der Waals surface area contributed by atoms with Gasteiger partial charge in [0, 0.05) is 17.2 Å². The van der Waals surface area contributed by atoms with Crippen LogP contribution in [0.25, 0.3) is 22.9 Å². The number of imidazole rings is 1. The second kappa shape index (κ2) is 9.38. The number of aromatic nitrogens is 2. The van der Waals surface area contributed by atoms with Gasteiger partial charge in [0.2, 0.25) is 0 Å². The number of benzene rings is 4. The van der Waals surface area contributed by atoms with Gasteiger partial charge in [-0.3, -0.25) is 9.36 Å². The Bertz CT molecular complexity index is 1490. The predicted octanol–water partition coefficient (Wildman–Crippen LogP) is 6.08. The maximum Gasteiger partial charge on any atom is 0.343 e. The summed E-state index contributed by atoms with van der Waals surface area (Å²) >= 11 is 0. The zero-order valence-corrected chi connectivity index (χ0v) is 18.2. The van der Waals surface area contributed by atoms with Gasteiger partial charge in [0.1, 0.15) is 11.6 Å². The summed E-state index contributed by atoms with van der Waals surface area (Å²) in [4.78, 5) is 31.0. The van der Waals surface area contributed by atoms with Crippen molar-refractivity contribution in [3.63, 3.8) is 0 Å². The van der Waals surface area contributed by atoms with Gasteiger partial charge < -0.3 is 4.74 Å². The van der Waals surface area contributed by atoms with E-state index in [1.165, 1.54) is 0 Å². The second-order valence-electron chi connectivity index (χ2n) is 7.60. The molecule has 0 spiro atoms. The van der Waals surface area contributed by atoms with Gasteiger partial charge in [0.15, 0.2) is 0 Å². The van der Waals surface area contributed by atoms with Gasteiger partial charge >= 0.3 is 5.97 Å². The van der Waals surface area contributed by atoms with E-state index in [1.807, 2.05) is 78.9 Å². The highest BCUT2D eigenvalue weighted by Gasteiger charge is 2.19. The van der Waals surface area contributed by atoms with E-state index in [4.69, 9.17) is 4.74 Å². The van der Waals surface area contributed by atoms with Crippen LogP contribution in [0.3, 0.4) is 0 Å². The molecule has 0 radical (unpaired) electrons. The zero-order valence-electron chi connectivity index (χ0n) is 18.2. The molecule has 5 rings (SSSR count). The van der Waals surface area contributed by atoms with Gasteiger partial charge in [-0.2, -0.15) is 0 Å². The minimum Gasteiger partial charge on any atom is -0.422 e. The minimum absolute atomic E-state index is 0.220. The molecule has 0 aliphatic heterocycles. The molecule has 164 valence electrons. The third-order valence-electron chi connectivity index (χ3n) is 5.34. The summed E-state index contributed by atoms with van der Waals surface area (Å²) in [6.07, 6.45) is 1.64. The van der Waals surface area contributed by atoms with Crippen LogP contribution in [-0.4, -0.2) is 21.4 Å². The first-order chi connectivity index (χ1) is 16.7. The fourth-order valence-electron chi connectivity index (χ4n) is 3.69. The minimum atomic E-state index is -0.493. The first-order valence-corrected chi connectivity index (χ1v) is 10.8. The maximum atomic E-state index is 13.5. The second-order valence-corrected chi connectivity index (χ2v) is 7.60. The largest absolute Gasteiger partial charge is 0.422 e. The molecule has 0 aliphatic carbocycles. The fourth-order valence-corrected chi connectivity index (χ4v) is 3.69. The van der Waals surface area contributed by atoms with E-state index in [2.05, 4.69) is 4.98 Å². The van der Waals surface area contributed by atoms with Gasteiger partial charge in [-0.25, -0.2) is 9.78 Å². The molecule has 1 heterocycles. The van der Waals surface area contributed by atoms with Gasteiger partial charge in [-0.1, -0.05) is 78.9 Å². The van der Waals surface area contributed by atoms with E-state index < -0.39 is 5.97 Å². The Morgan fingerprint density at radius 1 is 0.647 bits per heavy atom. The smallest absolute Gasteiger partial charge is 0.343 e. The Morgan fingerprint density at radius 2 is 1.18 bits per heavy atom. The summed E-state index contributed by atoms with van der Waals surface area (Å²) in [5, 5.41) is 0. The fraction of sp³-hybridized carbons (Fsp3) is 0. The average molecular weight is 444 g/mol. The van der Waals surface area contributed by atoms with Crippen molar-refractivity contribution in [1.29, 1.82) is 0 Å². The van der Waals surface area contributed by atoms with Crippen molar-refractivity contribution in [1.82, 2.24) is 9.55 Å². The molecule has 4 aromatic carbocycles. The van der Waals surface area contributed by atoms with E-state index in [-0.39, 0.29) is 5.91 Å². The van der Waals surface area contributed by atoms with Crippen LogP contribution in [-0.2, 0) is 4.74 Å². The number of carbonyl (C=O) groups excluding carboxylic acids is 2. The average Bonchev–Trinajstić information content (AvgIpc) is 3.27. The third kappa shape index (κ3) is 4.27. The van der Waals surface area contributed by atoms with Crippen LogP contribution in [0.15, 0.2) is 115 Å². The number of ether oxygens (including phenoxy) is 1. The Morgan fingerprint density at radius 3 is 1.82 bits per heavy atom. The number of hydrogen-bond donors (Lipinski definition) is 0. The van der Waals surface area contributed by atoms with E-state index in [1.54, 1.807) is 47.0 Å². The van der Waals surface area contributed by atoms with Crippen LogP contribution >= 0.6 is 0 Å². The lowest BCUT2D eigenvalue weighted by Gasteiger charge is -2.11. The van der Waals surface area contributed by atoms with Crippen molar-refractivity contribution in [2.24, 2.45) is 0 Å². The number of esters is 1. The number of fused-ring (bicyclic) bond motifs is 1. The number of hydrogen-bond acceptors (Lipinski definition) is 4. The SMILES string of the molecule is O=C(O/C(=C/c1nc2ccccc2n1C(=O)c1ccccc1)c1ccccc1)c1ccccc1. The predicted molar refractivity (Wildman–Crippen MR) is 132 cm³/mol. The summed E-state index contributed by atoms with van der Waals surface area (Å²) < 4.78 is 7.37. The molecular weight excluding hydrogens is 424 g/mol. The van der Waals surface area contributed by atoms with Crippen LogP contribution in [0.1, 0.15) is 32.1 Å². The van der Waals surface area contributed by atoms with Crippen molar-refractivity contribution in [2.75, 3.05) is 0 Å². The number of nitrogens with zero attached hydrogens (tertiary/aromatic N) is 2. The van der Waals surface area contributed by atoms with Crippen LogP contribution < -0.4 is 0 Å². The molecule has 1 aromatic heterocycles. The molecule has 0 atom stereocenters. The molecule has 34 heavy (non-hydrogen) atoms. The summed E-state index contributed by atoms with van der Waals surface area (Å²) in [7, 11) is 0. The van der Waals surface area contributed by atoms with E-state index in [0.717, 1.165) is 0 Å². The third-order valence-corrected chi connectivity index (χ3v) is 5.34. The Hall–Kier alpha value is -4.77. The molecule has 0 aliphatic rings. The molecule has 0 unspecified atom stereocenters. The van der Waals surface area contributed by atoms with Crippen molar-refractivity contribution in [2.45, 2.75) is 0 Å². The van der Waals surface area contributed by atoms with Crippen LogP contribution in [0, 0.1) is 0 Å². The lowest BCUT2D eigenvalue weighted by atomic mass is 10.1. The maximum absolute atomic E-state index is 13.5. The molecule has 0 saturated heterocycles. The molecular formula is C29H20N2O3. The van der Waals surface area contributed by atoms with Crippen LogP contribution in [0.4, 0.5) is 0 Å². The Kier molecular flexibility index (Phi) is 5.82. The monoisotopic (exact) mass is 444 g/mol. The van der Waals surface area contributed by atoms with Crippen LogP contribution in [0.2, 0.25) is 0 Å². The first-order valence-electron chi connectivity index (χ1n) is 10.8. The molecule has 0 amide bonds. The van der Waals surface area contributed by atoms with E-state index in [0.29, 0.717) is 39.3 Å². The summed E-state index contributed by atoms with van der Waals surface area (Å²) in [5.41, 5.74) is 2.99. The number of para-hydroxylation sites is 2. The summed E-state index contributed by atoms with van der Waals surface area (Å²) in [5.74, 6) is -0.0447. The summed E-state index contributed by atoms with van der Waals surface area (Å²) in [6, 6.07) is 34.5. The Labute approximate surface area is 196 Å². The van der Waals surface area contributed by atoms with Gasteiger partial charge in [-0.15, -0.1) is 0 Å². The highest BCUT2D eigenvalue weighted by molar-refractivity contribution is 6.03. The molecule has 0 bridgehead atoms. The quantitative estimate of drug-likeness (QED) is 0.243. The van der Waals surface area contributed by atoms with Crippen molar-refractivity contribution in [3.8, 4) is 0 Å².